The van der Waals surface area contributed by atoms with E-state index in [0.717, 1.165) is 31.6 Å². The van der Waals surface area contributed by atoms with Crippen molar-refractivity contribution in [2.45, 2.75) is 25.4 Å². The van der Waals surface area contributed by atoms with Crippen molar-refractivity contribution in [3.05, 3.63) is 71.7 Å². The van der Waals surface area contributed by atoms with E-state index >= 15 is 0 Å². The molecular weight excluding hydrogens is 331 g/mol. The molecule has 0 radical (unpaired) electrons. The third kappa shape index (κ3) is 3.05. The van der Waals surface area contributed by atoms with Gasteiger partial charge in [0.25, 0.3) is 0 Å². The molecular formula is C21H21FN2O2. The molecule has 0 saturated carbocycles. The number of likely N-dealkylation sites (tertiary alicyclic amines) is 1. The summed E-state index contributed by atoms with van der Waals surface area (Å²) >= 11 is 0. The molecule has 2 bridgehead atoms. The standard InChI is InChI=1S/C21H21FN2O2/c1-14-2-5-16(6-3-14)24-13-17-11-18(24)12-23(17)9-8-21(26)19-10-15(22)4-7-20(19)25/h2-10,17-18,25H,11-13H2,1H3/b9-8+/t17-,18-/m1/s1. The largest absolute Gasteiger partial charge is 0.507 e. The quantitative estimate of drug-likeness (QED) is 0.676. The van der Waals surface area contributed by atoms with E-state index in [0.29, 0.717) is 12.1 Å². The Morgan fingerprint density at radius 1 is 1.15 bits per heavy atom. The minimum absolute atomic E-state index is 0.00751. The number of rotatable bonds is 4. The van der Waals surface area contributed by atoms with Crippen LogP contribution in [0.3, 0.4) is 0 Å². The highest BCUT2D eigenvalue weighted by molar-refractivity contribution is 6.06. The van der Waals surface area contributed by atoms with Crippen LogP contribution in [0, 0.1) is 12.7 Å². The topological polar surface area (TPSA) is 43.8 Å². The van der Waals surface area contributed by atoms with Crippen molar-refractivity contribution >= 4 is 11.5 Å². The highest BCUT2D eigenvalue weighted by atomic mass is 19.1. The summed E-state index contributed by atoms with van der Waals surface area (Å²) in [6.45, 7) is 3.87. The number of carbonyl (C=O) groups is 1. The van der Waals surface area contributed by atoms with Gasteiger partial charge in [-0.2, -0.15) is 0 Å². The Kier molecular flexibility index (Phi) is 4.15. The number of aryl methyl sites for hydroxylation is 1. The van der Waals surface area contributed by atoms with Gasteiger partial charge in [0, 0.05) is 43.1 Å². The predicted molar refractivity (Wildman–Crippen MR) is 99.0 cm³/mol. The fraction of sp³-hybridized carbons (Fsp3) is 0.286. The number of fused-ring (bicyclic) bond motifs is 2. The van der Waals surface area contributed by atoms with Crippen molar-refractivity contribution in [1.29, 1.82) is 0 Å². The molecule has 4 rings (SSSR count). The molecule has 2 saturated heterocycles. The lowest BCUT2D eigenvalue weighted by atomic mass is 10.1. The second kappa shape index (κ2) is 6.48. The van der Waals surface area contributed by atoms with Crippen LogP contribution in [0.5, 0.6) is 5.75 Å². The van der Waals surface area contributed by atoms with Gasteiger partial charge in [-0.1, -0.05) is 17.7 Å². The average Bonchev–Trinajstić information content (AvgIpc) is 3.23. The van der Waals surface area contributed by atoms with E-state index in [2.05, 4.69) is 41.0 Å². The first-order valence-corrected chi connectivity index (χ1v) is 8.81. The van der Waals surface area contributed by atoms with Crippen molar-refractivity contribution in [3.8, 4) is 5.75 Å². The van der Waals surface area contributed by atoms with Crippen LogP contribution in [0.2, 0.25) is 0 Å². The molecule has 2 atom stereocenters. The minimum Gasteiger partial charge on any atom is -0.507 e. The Balaban J connectivity index is 1.42. The Labute approximate surface area is 152 Å². The van der Waals surface area contributed by atoms with E-state index in [-0.39, 0.29) is 17.1 Å². The SMILES string of the molecule is Cc1ccc(N2C[C@H]3C[C@@H]2CN3/C=C/C(=O)c2cc(F)ccc2O)cc1. The summed E-state index contributed by atoms with van der Waals surface area (Å²) in [5.41, 5.74) is 2.49. The lowest BCUT2D eigenvalue weighted by Gasteiger charge is -2.35. The van der Waals surface area contributed by atoms with Gasteiger partial charge in [-0.05, 0) is 43.7 Å². The number of carbonyl (C=O) groups excluding carboxylic acids is 1. The number of halogens is 1. The van der Waals surface area contributed by atoms with Gasteiger partial charge in [-0.15, -0.1) is 0 Å². The molecule has 0 spiro atoms. The first-order chi connectivity index (χ1) is 12.5. The maximum Gasteiger partial charge on any atom is 0.191 e. The van der Waals surface area contributed by atoms with Gasteiger partial charge in [-0.25, -0.2) is 4.39 Å². The number of phenolic OH excluding ortho intramolecular Hbond substituents is 1. The lowest BCUT2D eigenvalue weighted by molar-refractivity contribution is 0.104. The molecule has 2 heterocycles. The zero-order valence-electron chi connectivity index (χ0n) is 14.6. The minimum atomic E-state index is -0.534. The third-order valence-corrected chi connectivity index (χ3v) is 5.29. The van der Waals surface area contributed by atoms with Crippen LogP contribution in [-0.4, -0.2) is 41.0 Å². The summed E-state index contributed by atoms with van der Waals surface area (Å²) in [7, 11) is 0. The monoisotopic (exact) mass is 352 g/mol. The molecule has 2 aliphatic heterocycles. The normalized spacial score (nSPS) is 21.8. The number of aromatic hydroxyl groups is 1. The number of benzene rings is 2. The van der Waals surface area contributed by atoms with Gasteiger partial charge in [0.1, 0.15) is 11.6 Å². The van der Waals surface area contributed by atoms with Crippen molar-refractivity contribution in [2.24, 2.45) is 0 Å². The molecule has 4 nitrogen and oxygen atoms in total. The second-order valence-electron chi connectivity index (χ2n) is 7.07. The molecule has 0 aliphatic carbocycles. The summed E-state index contributed by atoms with van der Waals surface area (Å²) in [5.74, 6) is -1.12. The second-order valence-corrected chi connectivity index (χ2v) is 7.07. The van der Waals surface area contributed by atoms with Crippen LogP contribution in [0.25, 0.3) is 0 Å². The van der Waals surface area contributed by atoms with Crippen LogP contribution in [0.1, 0.15) is 22.3 Å². The smallest absolute Gasteiger partial charge is 0.191 e. The summed E-state index contributed by atoms with van der Waals surface area (Å²) in [6.07, 6.45) is 4.27. The average molecular weight is 352 g/mol. The Hall–Kier alpha value is -2.82. The molecule has 2 aromatic carbocycles. The van der Waals surface area contributed by atoms with Gasteiger partial charge in [0.15, 0.2) is 5.78 Å². The van der Waals surface area contributed by atoms with Gasteiger partial charge in [0.05, 0.1) is 5.56 Å². The lowest BCUT2D eigenvalue weighted by Crippen LogP contribution is -2.44. The molecule has 0 amide bonds. The van der Waals surface area contributed by atoms with Gasteiger partial charge in [-0.3, -0.25) is 4.79 Å². The molecule has 26 heavy (non-hydrogen) atoms. The Morgan fingerprint density at radius 2 is 1.92 bits per heavy atom. The fourth-order valence-electron chi connectivity index (χ4n) is 3.89. The maximum absolute atomic E-state index is 13.3. The van der Waals surface area contributed by atoms with Crippen molar-refractivity contribution in [2.75, 3.05) is 18.0 Å². The number of phenols is 1. The fourth-order valence-corrected chi connectivity index (χ4v) is 3.89. The molecule has 0 unspecified atom stereocenters. The highest BCUT2D eigenvalue weighted by Crippen LogP contribution is 2.34. The number of ketones is 1. The molecule has 2 aliphatic rings. The first kappa shape index (κ1) is 16.6. The first-order valence-electron chi connectivity index (χ1n) is 8.81. The van der Waals surface area contributed by atoms with E-state index in [1.807, 2.05) is 0 Å². The van der Waals surface area contributed by atoms with Crippen LogP contribution in [-0.2, 0) is 0 Å². The summed E-state index contributed by atoms with van der Waals surface area (Å²) in [4.78, 5) is 16.8. The molecule has 2 aromatic rings. The number of hydrogen-bond acceptors (Lipinski definition) is 4. The van der Waals surface area contributed by atoms with Crippen molar-refractivity contribution < 1.29 is 14.3 Å². The summed E-state index contributed by atoms with van der Waals surface area (Å²) < 4.78 is 13.3. The van der Waals surface area contributed by atoms with Crippen LogP contribution < -0.4 is 4.90 Å². The highest BCUT2D eigenvalue weighted by Gasteiger charge is 2.42. The van der Waals surface area contributed by atoms with E-state index in [1.54, 1.807) is 6.20 Å². The third-order valence-electron chi connectivity index (χ3n) is 5.29. The van der Waals surface area contributed by atoms with Crippen molar-refractivity contribution in [3.63, 3.8) is 0 Å². The van der Waals surface area contributed by atoms with E-state index in [1.165, 1.54) is 23.4 Å². The zero-order valence-corrected chi connectivity index (χ0v) is 14.6. The molecule has 134 valence electrons. The van der Waals surface area contributed by atoms with E-state index < -0.39 is 5.82 Å². The zero-order chi connectivity index (χ0) is 18.3. The maximum atomic E-state index is 13.3. The van der Waals surface area contributed by atoms with Crippen LogP contribution >= 0.6 is 0 Å². The molecule has 2 fully saturated rings. The number of allylic oxidation sites excluding steroid dienone is 1. The van der Waals surface area contributed by atoms with Gasteiger partial charge in [0.2, 0.25) is 0 Å². The molecule has 0 aromatic heterocycles. The number of hydrogen-bond donors (Lipinski definition) is 1. The Morgan fingerprint density at radius 3 is 2.62 bits per heavy atom. The summed E-state index contributed by atoms with van der Waals surface area (Å²) in [6, 6.07) is 12.8. The van der Waals surface area contributed by atoms with E-state index in [9.17, 15) is 14.3 Å². The molecule has 1 N–H and O–H groups in total. The predicted octanol–water partition coefficient (Wildman–Crippen LogP) is 3.50. The number of nitrogens with zero attached hydrogens (tertiary/aromatic N) is 2. The van der Waals surface area contributed by atoms with Gasteiger partial charge < -0.3 is 14.9 Å². The number of piperazine rings is 1. The van der Waals surface area contributed by atoms with Crippen molar-refractivity contribution in [1.82, 2.24) is 4.90 Å². The van der Waals surface area contributed by atoms with Crippen LogP contribution in [0.15, 0.2) is 54.7 Å². The Bertz CT molecular complexity index is 863. The van der Waals surface area contributed by atoms with Gasteiger partial charge >= 0.3 is 0 Å². The van der Waals surface area contributed by atoms with E-state index in [4.69, 9.17) is 0 Å². The summed E-state index contributed by atoms with van der Waals surface area (Å²) in [5, 5.41) is 9.74. The number of anilines is 1. The molecule has 5 heteroatoms. The van der Waals surface area contributed by atoms with Crippen LogP contribution in [0.4, 0.5) is 10.1 Å².